The number of ether oxygens (including phenoxy) is 2. The molecule has 0 unspecified atom stereocenters. The van der Waals surface area contributed by atoms with Crippen LogP contribution in [0.2, 0.25) is 5.02 Å². The van der Waals surface area contributed by atoms with Gasteiger partial charge in [-0.3, -0.25) is 9.69 Å². The van der Waals surface area contributed by atoms with Crippen LogP contribution in [0.25, 0.3) is 11.0 Å². The van der Waals surface area contributed by atoms with Gasteiger partial charge in [-0.2, -0.15) is 0 Å². The molecule has 0 spiro atoms. The third-order valence-electron chi connectivity index (χ3n) is 8.63. The number of fused-ring (bicyclic) bond motifs is 1. The Morgan fingerprint density at radius 3 is 2.67 bits per heavy atom. The first-order chi connectivity index (χ1) is 20.7. The van der Waals surface area contributed by atoms with Gasteiger partial charge < -0.3 is 28.7 Å². The second kappa shape index (κ2) is 13.4. The highest BCUT2D eigenvalue weighted by molar-refractivity contribution is 6.35. The Morgan fingerprint density at radius 1 is 1.16 bits per heavy atom. The fraction of sp³-hybridized carbons (Fsp3) is 0.531. The van der Waals surface area contributed by atoms with E-state index < -0.39 is 0 Å². The Morgan fingerprint density at radius 2 is 1.95 bits per heavy atom. The van der Waals surface area contributed by atoms with Crippen molar-refractivity contribution in [2.45, 2.75) is 64.7 Å². The van der Waals surface area contributed by atoms with Crippen molar-refractivity contribution in [1.29, 1.82) is 0 Å². The van der Waals surface area contributed by atoms with Crippen molar-refractivity contribution in [2.75, 3.05) is 52.3 Å². The van der Waals surface area contributed by atoms with Gasteiger partial charge in [-0.25, -0.2) is 9.78 Å². The first kappa shape index (κ1) is 30.9. The molecular weight excluding hydrogens is 568 g/mol. The summed E-state index contributed by atoms with van der Waals surface area (Å²) < 4.78 is 13.4. The van der Waals surface area contributed by atoms with Crippen molar-refractivity contribution < 1.29 is 19.1 Å². The normalized spacial score (nSPS) is 17.6. The van der Waals surface area contributed by atoms with Crippen LogP contribution in [0.4, 0.5) is 10.5 Å². The highest BCUT2D eigenvalue weighted by Crippen LogP contribution is 2.35. The molecule has 2 aliphatic heterocycles. The van der Waals surface area contributed by atoms with E-state index in [9.17, 15) is 9.59 Å². The van der Waals surface area contributed by atoms with Crippen molar-refractivity contribution in [1.82, 2.24) is 24.3 Å². The summed E-state index contributed by atoms with van der Waals surface area (Å²) in [6.07, 6.45) is 7.49. The number of anilines is 1. The van der Waals surface area contributed by atoms with E-state index in [1.54, 1.807) is 24.4 Å². The number of hydrogen-bond acceptors (Lipinski definition) is 6. The van der Waals surface area contributed by atoms with Crippen LogP contribution in [-0.4, -0.2) is 95.7 Å². The Bertz CT molecular complexity index is 1450. The number of carbonyl (C=O) groups is 2. The van der Waals surface area contributed by atoms with Crippen LogP contribution in [0.5, 0.6) is 11.5 Å². The van der Waals surface area contributed by atoms with E-state index in [0.29, 0.717) is 47.9 Å². The molecule has 0 aliphatic carbocycles. The molecule has 2 aliphatic rings. The van der Waals surface area contributed by atoms with Gasteiger partial charge in [0.05, 0.1) is 18.7 Å². The molecule has 3 aromatic rings. The molecule has 10 nitrogen and oxygen atoms in total. The average molecular weight is 611 g/mol. The van der Waals surface area contributed by atoms with Gasteiger partial charge in [0.15, 0.2) is 11.5 Å². The van der Waals surface area contributed by atoms with Gasteiger partial charge in [0.1, 0.15) is 12.2 Å². The van der Waals surface area contributed by atoms with Crippen molar-refractivity contribution in [3.05, 3.63) is 47.2 Å². The SMILES string of the molecule is CCCCCOc1cc(N2CC[C@H](C)N(Cc3ccnc4c3c(Cl)cn4CC(=O)N3CC(N(C)C)C3)C2=O)ccc1OC. The van der Waals surface area contributed by atoms with Gasteiger partial charge >= 0.3 is 6.03 Å². The monoisotopic (exact) mass is 610 g/mol. The molecule has 0 radical (unpaired) electrons. The Hall–Kier alpha value is -3.50. The number of carbonyl (C=O) groups excluding carboxylic acids is 2. The van der Waals surface area contributed by atoms with Crippen LogP contribution in [0, 0.1) is 0 Å². The number of urea groups is 1. The molecule has 1 aromatic carbocycles. The summed E-state index contributed by atoms with van der Waals surface area (Å²) in [5, 5.41) is 1.30. The number of hydrogen-bond donors (Lipinski definition) is 0. The topological polar surface area (TPSA) is 83.4 Å². The van der Waals surface area contributed by atoms with Crippen molar-refractivity contribution >= 4 is 40.3 Å². The summed E-state index contributed by atoms with van der Waals surface area (Å²) in [6.45, 7) is 7.44. The van der Waals surface area contributed by atoms with E-state index in [1.165, 1.54) is 0 Å². The lowest BCUT2D eigenvalue weighted by molar-refractivity contribution is -0.138. The number of methoxy groups -OCH3 is 1. The van der Waals surface area contributed by atoms with E-state index in [2.05, 4.69) is 23.7 Å². The molecule has 0 bridgehead atoms. The minimum Gasteiger partial charge on any atom is -0.493 e. The molecule has 5 rings (SSSR count). The summed E-state index contributed by atoms with van der Waals surface area (Å²) >= 11 is 6.75. The highest BCUT2D eigenvalue weighted by Gasteiger charge is 2.34. The summed E-state index contributed by atoms with van der Waals surface area (Å²) in [4.78, 5) is 39.2. The highest BCUT2D eigenvalue weighted by atomic mass is 35.5. The number of aromatic nitrogens is 2. The van der Waals surface area contributed by atoms with Crippen molar-refractivity contribution in [2.24, 2.45) is 0 Å². The number of likely N-dealkylation sites (N-methyl/N-ethyl adjacent to an activating group) is 1. The lowest BCUT2D eigenvalue weighted by atomic mass is 10.1. The van der Waals surface area contributed by atoms with Gasteiger partial charge in [0.25, 0.3) is 0 Å². The molecule has 2 fully saturated rings. The fourth-order valence-electron chi connectivity index (χ4n) is 5.75. The molecular formula is C32H43ClN6O4. The maximum Gasteiger partial charge on any atom is 0.325 e. The molecule has 0 N–H and O–H groups in total. The summed E-state index contributed by atoms with van der Waals surface area (Å²) in [5.74, 6) is 1.34. The molecule has 3 amide bonds. The van der Waals surface area contributed by atoms with Crippen LogP contribution in [0.3, 0.4) is 0 Å². The maximum atomic E-state index is 13.9. The lowest BCUT2D eigenvalue weighted by Crippen LogP contribution is -2.59. The van der Waals surface area contributed by atoms with Gasteiger partial charge in [-0.05, 0) is 57.6 Å². The number of nitrogens with zero attached hydrogens (tertiary/aromatic N) is 6. The molecule has 2 saturated heterocycles. The summed E-state index contributed by atoms with van der Waals surface area (Å²) in [7, 11) is 5.68. The Labute approximate surface area is 259 Å². The number of rotatable bonds is 12. The minimum atomic E-state index is -0.0789. The van der Waals surface area contributed by atoms with E-state index in [-0.39, 0.29) is 24.5 Å². The molecule has 2 aromatic heterocycles. The number of halogens is 1. The van der Waals surface area contributed by atoms with E-state index in [0.717, 1.165) is 55.4 Å². The number of likely N-dealkylation sites (tertiary alicyclic amines) is 1. The standard InChI is InChI=1S/C32H43ClN6O4/c1-6-7-8-15-43-28-16-24(9-10-27(28)42-5)38-14-12-22(2)39(32(38)41)17-23-11-13-34-31-30(23)26(33)20-37(31)21-29(40)36-18-25(19-36)35(3)4/h9-11,13,16,20,22,25H,6-8,12,14-15,17-19,21H2,1-5H3/t22-/m0/s1. The molecule has 43 heavy (non-hydrogen) atoms. The van der Waals surface area contributed by atoms with Crippen LogP contribution in [0.1, 0.15) is 45.1 Å². The summed E-state index contributed by atoms with van der Waals surface area (Å²) in [5.41, 5.74) is 2.32. The van der Waals surface area contributed by atoms with Gasteiger partial charge in [0.2, 0.25) is 5.91 Å². The Kier molecular flexibility index (Phi) is 9.66. The van der Waals surface area contributed by atoms with Gasteiger partial charge in [-0.1, -0.05) is 31.4 Å². The first-order valence-corrected chi connectivity index (χ1v) is 15.5. The zero-order valence-corrected chi connectivity index (χ0v) is 26.6. The van der Waals surface area contributed by atoms with Crippen molar-refractivity contribution in [3.63, 3.8) is 0 Å². The molecule has 11 heteroatoms. The molecule has 232 valence electrons. The van der Waals surface area contributed by atoms with Crippen LogP contribution in [-0.2, 0) is 17.9 Å². The van der Waals surface area contributed by atoms with Crippen LogP contribution < -0.4 is 14.4 Å². The second-order valence-electron chi connectivity index (χ2n) is 11.8. The second-order valence-corrected chi connectivity index (χ2v) is 12.2. The minimum absolute atomic E-state index is 0.0356. The third kappa shape index (κ3) is 6.55. The molecule has 4 heterocycles. The smallest absolute Gasteiger partial charge is 0.325 e. The third-order valence-corrected chi connectivity index (χ3v) is 8.92. The van der Waals surface area contributed by atoms with Gasteiger partial charge in [-0.15, -0.1) is 0 Å². The fourth-order valence-corrected chi connectivity index (χ4v) is 6.07. The zero-order valence-electron chi connectivity index (χ0n) is 25.9. The quantitative estimate of drug-likeness (QED) is 0.260. The summed E-state index contributed by atoms with van der Waals surface area (Å²) in [6, 6.07) is 7.92. The largest absolute Gasteiger partial charge is 0.493 e. The average Bonchev–Trinajstić information content (AvgIpc) is 3.27. The molecule has 0 saturated carbocycles. The zero-order chi connectivity index (χ0) is 30.7. The van der Waals surface area contributed by atoms with Crippen LogP contribution >= 0.6 is 11.6 Å². The van der Waals surface area contributed by atoms with E-state index in [1.807, 2.05) is 52.7 Å². The maximum absolute atomic E-state index is 13.9. The van der Waals surface area contributed by atoms with E-state index >= 15 is 0 Å². The lowest BCUT2D eigenvalue weighted by Gasteiger charge is -2.42. The number of amides is 3. The predicted molar refractivity (Wildman–Crippen MR) is 169 cm³/mol. The first-order valence-electron chi connectivity index (χ1n) is 15.2. The molecule has 1 atom stereocenters. The van der Waals surface area contributed by atoms with Crippen molar-refractivity contribution in [3.8, 4) is 11.5 Å². The Balaban J connectivity index is 1.33. The predicted octanol–water partition coefficient (Wildman–Crippen LogP) is 5.26. The number of benzene rings is 1. The number of pyridine rings is 1. The van der Waals surface area contributed by atoms with E-state index in [4.69, 9.17) is 21.1 Å². The number of unbranched alkanes of at least 4 members (excludes halogenated alkanes) is 2. The van der Waals surface area contributed by atoms with Gasteiger partial charge in [0, 0.05) is 67.8 Å². The van der Waals surface area contributed by atoms with Crippen LogP contribution in [0.15, 0.2) is 36.7 Å².